The second-order valence-corrected chi connectivity index (χ2v) is 8.71. The first kappa shape index (κ1) is 20.4. The van der Waals surface area contributed by atoms with Crippen LogP contribution < -0.4 is 5.56 Å². The monoisotopic (exact) mass is 442 g/mol. The molecule has 5 rings (SSSR count). The summed E-state index contributed by atoms with van der Waals surface area (Å²) in [6, 6.07) is 17.6. The topological polar surface area (TPSA) is 77.5 Å². The van der Waals surface area contributed by atoms with Gasteiger partial charge in [0.1, 0.15) is 5.65 Å². The van der Waals surface area contributed by atoms with Gasteiger partial charge in [0, 0.05) is 35.3 Å². The van der Waals surface area contributed by atoms with Crippen molar-refractivity contribution in [3.63, 3.8) is 0 Å². The van der Waals surface area contributed by atoms with Crippen LogP contribution in [-0.2, 0) is 12.2 Å². The van der Waals surface area contributed by atoms with E-state index in [1.165, 1.54) is 17.3 Å². The van der Waals surface area contributed by atoms with Crippen molar-refractivity contribution >= 4 is 23.2 Å². The van der Waals surface area contributed by atoms with E-state index in [9.17, 15) is 4.79 Å². The number of hydrogen-bond acceptors (Lipinski definition) is 6. The molecular weight excluding hydrogens is 420 g/mol. The summed E-state index contributed by atoms with van der Waals surface area (Å²) < 4.78 is 3.42. The van der Waals surface area contributed by atoms with Crippen molar-refractivity contribution in [2.45, 2.75) is 38.1 Å². The number of thioether (sulfide) groups is 1. The summed E-state index contributed by atoms with van der Waals surface area (Å²) in [4.78, 5) is 26.4. The highest BCUT2D eigenvalue weighted by Crippen LogP contribution is 2.22. The molecule has 4 heterocycles. The Morgan fingerprint density at radius 2 is 1.75 bits per heavy atom. The van der Waals surface area contributed by atoms with Gasteiger partial charge < -0.3 is 0 Å². The Balaban J connectivity index is 1.43. The molecule has 8 heteroatoms. The van der Waals surface area contributed by atoms with Crippen molar-refractivity contribution in [2.24, 2.45) is 0 Å². The lowest BCUT2D eigenvalue weighted by Crippen LogP contribution is -2.17. The number of pyridine rings is 1. The summed E-state index contributed by atoms with van der Waals surface area (Å²) in [5.74, 6) is 1.09. The van der Waals surface area contributed by atoms with Gasteiger partial charge in [0.05, 0.1) is 5.69 Å². The smallest absolute Gasteiger partial charge is 0.258 e. The molecule has 0 atom stereocenters. The molecule has 0 amide bonds. The Bertz CT molecular complexity index is 1510. The van der Waals surface area contributed by atoms with Gasteiger partial charge in [0.2, 0.25) is 5.16 Å². The van der Waals surface area contributed by atoms with Crippen LogP contribution in [0.25, 0.3) is 11.4 Å². The molecule has 0 bridgehead atoms. The fraction of sp³-hybridized carbons (Fsp3) is 0.208. The van der Waals surface area contributed by atoms with Gasteiger partial charge in [-0.05, 0) is 44.0 Å². The summed E-state index contributed by atoms with van der Waals surface area (Å²) >= 11 is 1.45. The van der Waals surface area contributed by atoms with E-state index in [4.69, 9.17) is 0 Å². The van der Waals surface area contributed by atoms with E-state index in [1.807, 2.05) is 50.2 Å². The summed E-state index contributed by atoms with van der Waals surface area (Å²) in [7, 11) is 0. The SMILES string of the molecule is Cc1nc2nc(SCc3cc(=O)n4c(C)cccc4n3)nn2c(C)c1Cc1ccccc1. The highest BCUT2D eigenvalue weighted by Gasteiger charge is 2.15. The van der Waals surface area contributed by atoms with Crippen molar-refractivity contribution in [1.29, 1.82) is 0 Å². The minimum absolute atomic E-state index is 0.0784. The number of aryl methyl sites for hydroxylation is 3. The molecule has 0 spiro atoms. The largest absolute Gasteiger partial charge is 0.269 e. The minimum atomic E-state index is -0.0784. The van der Waals surface area contributed by atoms with Crippen molar-refractivity contribution in [1.82, 2.24) is 29.0 Å². The van der Waals surface area contributed by atoms with Crippen LogP contribution >= 0.6 is 11.8 Å². The maximum absolute atomic E-state index is 12.5. The van der Waals surface area contributed by atoms with Gasteiger partial charge in [0.15, 0.2) is 0 Å². The first-order valence-corrected chi connectivity index (χ1v) is 11.4. The predicted octanol–water partition coefficient (Wildman–Crippen LogP) is 3.94. The number of rotatable bonds is 5. The molecule has 0 aliphatic rings. The van der Waals surface area contributed by atoms with E-state index in [0.29, 0.717) is 28.0 Å². The zero-order valence-corrected chi connectivity index (χ0v) is 18.9. The van der Waals surface area contributed by atoms with E-state index in [2.05, 4.69) is 39.1 Å². The van der Waals surface area contributed by atoms with Gasteiger partial charge in [0.25, 0.3) is 11.3 Å². The third kappa shape index (κ3) is 3.78. The van der Waals surface area contributed by atoms with E-state index in [-0.39, 0.29) is 5.56 Å². The van der Waals surface area contributed by atoms with Crippen molar-refractivity contribution < 1.29 is 0 Å². The molecule has 0 aliphatic heterocycles. The molecule has 7 nitrogen and oxygen atoms in total. The van der Waals surface area contributed by atoms with Gasteiger partial charge >= 0.3 is 0 Å². The van der Waals surface area contributed by atoms with Crippen LogP contribution in [-0.4, -0.2) is 29.0 Å². The first-order chi connectivity index (χ1) is 15.5. The molecule has 4 aromatic heterocycles. The van der Waals surface area contributed by atoms with Crippen LogP contribution in [0.1, 0.15) is 33.9 Å². The van der Waals surface area contributed by atoms with E-state index >= 15 is 0 Å². The molecule has 0 N–H and O–H groups in total. The lowest BCUT2D eigenvalue weighted by Gasteiger charge is -2.10. The number of hydrogen-bond donors (Lipinski definition) is 0. The van der Waals surface area contributed by atoms with Gasteiger partial charge in [-0.1, -0.05) is 48.2 Å². The van der Waals surface area contributed by atoms with Gasteiger partial charge in [-0.25, -0.2) is 14.5 Å². The molecule has 5 aromatic rings. The van der Waals surface area contributed by atoms with E-state index in [1.54, 1.807) is 15.0 Å². The molecule has 0 fully saturated rings. The highest BCUT2D eigenvalue weighted by molar-refractivity contribution is 7.98. The molecule has 160 valence electrons. The normalized spacial score (nSPS) is 11.5. The molecule has 0 unspecified atom stereocenters. The molecule has 1 aromatic carbocycles. The lowest BCUT2D eigenvalue weighted by atomic mass is 10.0. The molecule has 0 saturated heterocycles. The van der Waals surface area contributed by atoms with Gasteiger partial charge in [-0.3, -0.25) is 9.20 Å². The Morgan fingerprint density at radius 1 is 0.938 bits per heavy atom. The van der Waals surface area contributed by atoms with E-state index < -0.39 is 0 Å². The maximum atomic E-state index is 12.5. The number of benzene rings is 1. The summed E-state index contributed by atoms with van der Waals surface area (Å²) in [6.45, 7) is 5.97. The molecule has 0 saturated carbocycles. The molecule has 0 radical (unpaired) electrons. The Hall–Kier alpha value is -3.52. The average molecular weight is 443 g/mol. The first-order valence-electron chi connectivity index (χ1n) is 10.4. The lowest BCUT2D eigenvalue weighted by molar-refractivity contribution is 0.823. The summed E-state index contributed by atoms with van der Waals surface area (Å²) in [6.07, 6.45) is 0.800. The van der Waals surface area contributed by atoms with Crippen LogP contribution in [0, 0.1) is 20.8 Å². The quantitative estimate of drug-likeness (QED) is 0.384. The van der Waals surface area contributed by atoms with Crippen molar-refractivity contribution in [2.75, 3.05) is 0 Å². The second-order valence-electron chi connectivity index (χ2n) is 7.76. The van der Waals surface area contributed by atoms with E-state index in [0.717, 1.165) is 29.1 Å². The minimum Gasteiger partial charge on any atom is -0.269 e. The number of fused-ring (bicyclic) bond motifs is 2. The van der Waals surface area contributed by atoms with Gasteiger partial charge in [-0.2, -0.15) is 4.98 Å². The summed E-state index contributed by atoms with van der Waals surface area (Å²) in [5, 5.41) is 5.28. The molecule has 32 heavy (non-hydrogen) atoms. The second kappa shape index (κ2) is 8.20. The molecular formula is C24H22N6OS. The molecule has 0 aliphatic carbocycles. The van der Waals surface area contributed by atoms with Crippen LogP contribution in [0.3, 0.4) is 0 Å². The third-order valence-electron chi connectivity index (χ3n) is 5.54. The van der Waals surface area contributed by atoms with Crippen molar-refractivity contribution in [3.8, 4) is 0 Å². The number of nitrogens with zero attached hydrogens (tertiary/aromatic N) is 6. The van der Waals surface area contributed by atoms with Crippen LogP contribution in [0.4, 0.5) is 0 Å². The fourth-order valence-corrected chi connectivity index (χ4v) is 4.59. The third-order valence-corrected chi connectivity index (χ3v) is 6.41. The van der Waals surface area contributed by atoms with Crippen LogP contribution in [0.15, 0.2) is 64.5 Å². The van der Waals surface area contributed by atoms with Gasteiger partial charge in [-0.15, -0.1) is 5.10 Å². The summed E-state index contributed by atoms with van der Waals surface area (Å²) in [5.41, 5.74) is 6.53. The Morgan fingerprint density at radius 3 is 2.56 bits per heavy atom. The zero-order valence-electron chi connectivity index (χ0n) is 18.1. The van der Waals surface area contributed by atoms with Crippen LogP contribution in [0.2, 0.25) is 0 Å². The number of aromatic nitrogens is 6. The standard InChI is InChI=1S/C24H22N6OS/c1-15-8-7-11-21-26-19(13-22(31)29(15)21)14-32-24-27-23-25-16(2)20(17(3)30(23)28-24)12-18-9-5-4-6-10-18/h4-11,13H,12,14H2,1-3H3. The maximum Gasteiger partial charge on any atom is 0.258 e. The highest BCUT2D eigenvalue weighted by atomic mass is 32.2. The van der Waals surface area contributed by atoms with Crippen molar-refractivity contribution in [3.05, 3.63) is 98.9 Å². The van der Waals surface area contributed by atoms with Crippen LogP contribution in [0.5, 0.6) is 0 Å². The predicted molar refractivity (Wildman–Crippen MR) is 125 cm³/mol. The Kier molecular flexibility index (Phi) is 5.22. The zero-order chi connectivity index (χ0) is 22.2. The average Bonchev–Trinajstić information content (AvgIpc) is 3.19. The Labute approximate surface area is 189 Å². The fourth-order valence-electron chi connectivity index (χ4n) is 3.88.